The summed E-state index contributed by atoms with van der Waals surface area (Å²) in [6.07, 6.45) is -2.63. The van der Waals surface area contributed by atoms with Crippen LogP contribution in [0.2, 0.25) is 0 Å². The molecule has 1 heterocycles. The van der Waals surface area contributed by atoms with Crippen LogP contribution >= 0.6 is 0 Å². The predicted octanol–water partition coefficient (Wildman–Crippen LogP) is 0.839. The first-order valence-corrected chi connectivity index (χ1v) is 3.53. The summed E-state index contributed by atoms with van der Waals surface area (Å²) < 4.78 is 35.9. The van der Waals surface area contributed by atoms with E-state index in [1.165, 1.54) is 0 Å². The van der Waals surface area contributed by atoms with Gasteiger partial charge in [-0.3, -0.25) is 0 Å². The number of rotatable bonds is 0. The van der Waals surface area contributed by atoms with Crippen molar-refractivity contribution in [3.05, 3.63) is 23.8 Å². The first-order valence-electron chi connectivity index (χ1n) is 3.53. The molecule has 6 heteroatoms. The zero-order valence-electron chi connectivity index (χ0n) is 6.84. The number of aliphatic hydroxyl groups excluding tert-OH is 1. The highest BCUT2D eigenvalue weighted by Gasteiger charge is 2.34. The second kappa shape index (κ2) is 4.07. The minimum atomic E-state index is -4.54. The fourth-order valence-corrected chi connectivity index (χ4v) is 0.681. The fourth-order valence-electron chi connectivity index (χ4n) is 0.681. The zero-order valence-corrected chi connectivity index (χ0v) is 6.84. The van der Waals surface area contributed by atoms with Crippen LogP contribution < -0.4 is 0 Å². The van der Waals surface area contributed by atoms with Crippen molar-refractivity contribution >= 4 is 0 Å². The van der Waals surface area contributed by atoms with Gasteiger partial charge in [0.05, 0.1) is 5.56 Å². The Morgan fingerprint density at radius 2 is 1.86 bits per heavy atom. The molecule has 0 spiro atoms. The summed E-state index contributed by atoms with van der Waals surface area (Å²) in [5.74, 6) is 3.45. The van der Waals surface area contributed by atoms with Gasteiger partial charge in [-0.15, -0.1) is 0 Å². The van der Waals surface area contributed by atoms with E-state index >= 15 is 0 Å². The number of nitrogens with zero attached hydrogens (tertiary/aromatic N) is 2. The van der Waals surface area contributed by atoms with Gasteiger partial charge < -0.3 is 5.11 Å². The van der Waals surface area contributed by atoms with Gasteiger partial charge in [-0.1, -0.05) is 11.8 Å². The van der Waals surface area contributed by atoms with Crippen LogP contribution in [0.15, 0.2) is 12.4 Å². The molecule has 3 nitrogen and oxygen atoms in total. The van der Waals surface area contributed by atoms with Crippen molar-refractivity contribution in [3.8, 4) is 11.8 Å². The van der Waals surface area contributed by atoms with Gasteiger partial charge in [0.2, 0.25) is 5.82 Å². The highest BCUT2D eigenvalue weighted by atomic mass is 19.4. The molecule has 0 aromatic carbocycles. The minimum Gasteiger partial charge on any atom is -0.384 e. The summed E-state index contributed by atoms with van der Waals surface area (Å²) >= 11 is 0. The predicted molar refractivity (Wildman–Crippen MR) is 41.0 cm³/mol. The molecule has 0 atom stereocenters. The Labute approximate surface area is 77.6 Å². The lowest BCUT2D eigenvalue weighted by Crippen LogP contribution is -2.10. The lowest BCUT2D eigenvalue weighted by molar-refractivity contribution is -0.145. The number of alkyl halides is 3. The second-order valence-electron chi connectivity index (χ2n) is 2.25. The largest absolute Gasteiger partial charge is 0.451 e. The van der Waals surface area contributed by atoms with Crippen LogP contribution in [0.3, 0.4) is 0 Å². The molecule has 0 saturated carbocycles. The number of hydrogen-bond acceptors (Lipinski definition) is 3. The van der Waals surface area contributed by atoms with Crippen molar-refractivity contribution in [3.63, 3.8) is 0 Å². The molecular weight excluding hydrogens is 197 g/mol. The highest BCUT2D eigenvalue weighted by molar-refractivity contribution is 5.29. The molecule has 74 valence electrons. The van der Waals surface area contributed by atoms with E-state index < -0.39 is 12.0 Å². The molecule has 0 aliphatic carbocycles. The van der Waals surface area contributed by atoms with Crippen molar-refractivity contribution in [2.24, 2.45) is 0 Å². The maximum Gasteiger partial charge on any atom is 0.451 e. The topological polar surface area (TPSA) is 46.0 Å². The summed E-state index contributed by atoms with van der Waals surface area (Å²) in [4.78, 5) is 6.17. The molecule has 1 rings (SSSR count). The molecule has 0 bridgehead atoms. The SMILES string of the molecule is OCC#Cc1cnc(C(F)(F)F)nc1. The lowest BCUT2D eigenvalue weighted by atomic mass is 10.3. The molecule has 1 aromatic rings. The third kappa shape index (κ3) is 2.71. The summed E-state index contributed by atoms with van der Waals surface area (Å²) in [5, 5.41) is 8.32. The van der Waals surface area contributed by atoms with E-state index in [0.717, 1.165) is 12.4 Å². The third-order valence-electron chi connectivity index (χ3n) is 1.22. The van der Waals surface area contributed by atoms with E-state index in [0.29, 0.717) is 0 Å². The van der Waals surface area contributed by atoms with E-state index in [1.807, 2.05) is 0 Å². The van der Waals surface area contributed by atoms with Crippen molar-refractivity contribution in [2.45, 2.75) is 6.18 Å². The molecule has 0 amide bonds. The normalized spacial score (nSPS) is 10.6. The van der Waals surface area contributed by atoms with Gasteiger partial charge in [0, 0.05) is 12.4 Å². The van der Waals surface area contributed by atoms with Gasteiger partial charge in [-0.2, -0.15) is 13.2 Å². The highest BCUT2D eigenvalue weighted by Crippen LogP contribution is 2.25. The van der Waals surface area contributed by atoms with Crippen molar-refractivity contribution < 1.29 is 18.3 Å². The van der Waals surface area contributed by atoms with Gasteiger partial charge in [-0.25, -0.2) is 9.97 Å². The van der Waals surface area contributed by atoms with E-state index in [-0.39, 0.29) is 12.2 Å². The molecule has 0 fully saturated rings. The number of aliphatic hydroxyl groups is 1. The van der Waals surface area contributed by atoms with Crippen LogP contribution in [-0.4, -0.2) is 21.7 Å². The summed E-state index contributed by atoms with van der Waals surface area (Å²) in [6, 6.07) is 0. The van der Waals surface area contributed by atoms with Crippen molar-refractivity contribution in [1.29, 1.82) is 0 Å². The zero-order chi connectivity index (χ0) is 10.6. The molecule has 0 aliphatic heterocycles. The third-order valence-corrected chi connectivity index (χ3v) is 1.22. The van der Waals surface area contributed by atoms with Crippen LogP contribution in [0.4, 0.5) is 13.2 Å². The molecule has 0 saturated heterocycles. The average Bonchev–Trinajstić information content (AvgIpc) is 2.14. The molecule has 0 aliphatic rings. The van der Waals surface area contributed by atoms with Gasteiger partial charge in [0.25, 0.3) is 0 Å². The van der Waals surface area contributed by atoms with E-state index in [2.05, 4.69) is 21.8 Å². The van der Waals surface area contributed by atoms with E-state index in [1.54, 1.807) is 0 Å². The first-order chi connectivity index (χ1) is 6.54. The van der Waals surface area contributed by atoms with Crippen molar-refractivity contribution in [2.75, 3.05) is 6.61 Å². The van der Waals surface area contributed by atoms with Crippen LogP contribution in [0.1, 0.15) is 11.4 Å². The monoisotopic (exact) mass is 202 g/mol. The van der Waals surface area contributed by atoms with Gasteiger partial charge in [0.15, 0.2) is 0 Å². The molecule has 0 unspecified atom stereocenters. The number of aromatic nitrogens is 2. The first kappa shape index (κ1) is 10.5. The second-order valence-corrected chi connectivity index (χ2v) is 2.25. The smallest absolute Gasteiger partial charge is 0.384 e. The Bertz CT molecular complexity index is 361. The van der Waals surface area contributed by atoms with Crippen LogP contribution in [0.25, 0.3) is 0 Å². The van der Waals surface area contributed by atoms with Crippen LogP contribution in [0.5, 0.6) is 0 Å². The fraction of sp³-hybridized carbons (Fsp3) is 0.250. The van der Waals surface area contributed by atoms with E-state index in [4.69, 9.17) is 5.11 Å². The maximum atomic E-state index is 12.0. The molecule has 14 heavy (non-hydrogen) atoms. The molecular formula is C8H5F3N2O. The number of halogens is 3. The quantitative estimate of drug-likeness (QED) is 0.634. The average molecular weight is 202 g/mol. The molecule has 1 N–H and O–H groups in total. The van der Waals surface area contributed by atoms with Gasteiger partial charge >= 0.3 is 6.18 Å². The Morgan fingerprint density at radius 1 is 1.29 bits per heavy atom. The van der Waals surface area contributed by atoms with E-state index in [9.17, 15) is 13.2 Å². The molecule has 0 radical (unpaired) electrons. The van der Waals surface area contributed by atoms with Gasteiger partial charge in [0.1, 0.15) is 6.61 Å². The van der Waals surface area contributed by atoms with Crippen LogP contribution in [0, 0.1) is 11.8 Å². The number of hydrogen-bond donors (Lipinski definition) is 1. The summed E-state index contributed by atoms with van der Waals surface area (Å²) in [6.45, 7) is -0.360. The Morgan fingerprint density at radius 3 is 2.29 bits per heavy atom. The Hall–Kier alpha value is -1.61. The summed E-state index contributed by atoms with van der Waals surface area (Å²) in [7, 11) is 0. The maximum absolute atomic E-state index is 12.0. The lowest BCUT2D eigenvalue weighted by Gasteiger charge is -2.02. The minimum absolute atomic E-state index is 0.229. The Kier molecular flexibility index (Phi) is 3.04. The van der Waals surface area contributed by atoms with Crippen molar-refractivity contribution in [1.82, 2.24) is 9.97 Å². The molecule has 1 aromatic heterocycles. The van der Waals surface area contributed by atoms with Crippen LogP contribution in [-0.2, 0) is 6.18 Å². The standard InChI is InChI=1S/C8H5F3N2O/c9-8(10,11)7-12-4-6(5-13-7)2-1-3-14/h4-5,14H,3H2. The Balaban J connectivity index is 2.89. The summed E-state index contributed by atoms with van der Waals surface area (Å²) in [5.41, 5.74) is 0.229. The van der Waals surface area contributed by atoms with Gasteiger partial charge in [-0.05, 0) is 0 Å².